The molecule has 0 aromatic carbocycles. The van der Waals surface area contributed by atoms with Crippen LogP contribution < -0.4 is 0 Å². The van der Waals surface area contributed by atoms with Gasteiger partial charge in [-0.3, -0.25) is 4.68 Å². The Balaban J connectivity index is 1.79. The fourth-order valence-electron chi connectivity index (χ4n) is 1.41. The van der Waals surface area contributed by atoms with E-state index >= 15 is 0 Å². The van der Waals surface area contributed by atoms with E-state index in [1.54, 1.807) is 6.20 Å². The van der Waals surface area contributed by atoms with Crippen LogP contribution in [0.5, 0.6) is 0 Å². The maximum atomic E-state index is 5.45. The Hall–Kier alpha value is -0.430. The van der Waals surface area contributed by atoms with Crippen molar-refractivity contribution in [3.05, 3.63) is 16.9 Å². The molecule has 110 valence electrons. The zero-order valence-electron chi connectivity index (χ0n) is 11.5. The molecule has 6 heteroatoms. The third kappa shape index (κ3) is 9.15. The average molecular weight is 335 g/mol. The summed E-state index contributed by atoms with van der Waals surface area (Å²) in [7, 11) is 0. The van der Waals surface area contributed by atoms with Crippen molar-refractivity contribution in [3.63, 3.8) is 0 Å². The number of halogens is 1. The van der Waals surface area contributed by atoms with Crippen molar-refractivity contribution in [3.8, 4) is 0 Å². The first-order valence-electron chi connectivity index (χ1n) is 6.74. The second-order valence-electron chi connectivity index (χ2n) is 4.11. The molecule has 0 fully saturated rings. The highest BCUT2D eigenvalue weighted by Crippen LogP contribution is 2.05. The normalized spacial score (nSPS) is 11.1. The maximum absolute atomic E-state index is 5.45. The molecule has 0 aliphatic rings. The van der Waals surface area contributed by atoms with Crippen LogP contribution >= 0.6 is 15.9 Å². The van der Waals surface area contributed by atoms with Gasteiger partial charge in [0, 0.05) is 12.8 Å². The Morgan fingerprint density at radius 1 is 1.05 bits per heavy atom. The number of nitrogens with zero attached hydrogens (tertiary/aromatic N) is 2. The second-order valence-corrected chi connectivity index (χ2v) is 5.03. The number of unbranched alkanes of at least 4 members (excludes halogenated alkanes) is 1. The Bertz CT molecular complexity index is 321. The summed E-state index contributed by atoms with van der Waals surface area (Å²) in [5, 5.41) is 4.14. The highest BCUT2D eigenvalue weighted by molar-refractivity contribution is 9.10. The molecule has 0 aliphatic heterocycles. The van der Waals surface area contributed by atoms with Gasteiger partial charge in [-0.15, -0.1) is 0 Å². The number of rotatable bonds is 12. The van der Waals surface area contributed by atoms with Gasteiger partial charge < -0.3 is 14.2 Å². The van der Waals surface area contributed by atoms with E-state index in [9.17, 15) is 0 Å². The van der Waals surface area contributed by atoms with Crippen LogP contribution in [0.15, 0.2) is 16.9 Å². The predicted octanol–water partition coefficient (Wildman–Crippen LogP) is 2.50. The van der Waals surface area contributed by atoms with Crippen molar-refractivity contribution in [2.75, 3.05) is 39.6 Å². The lowest BCUT2D eigenvalue weighted by Crippen LogP contribution is -2.12. The largest absolute Gasteiger partial charge is 0.379 e. The molecule has 1 heterocycles. The highest BCUT2D eigenvalue weighted by Gasteiger charge is 1.95. The Morgan fingerprint density at radius 3 is 2.26 bits per heavy atom. The molecule has 0 radical (unpaired) electrons. The molecule has 0 N–H and O–H groups in total. The van der Waals surface area contributed by atoms with Crippen LogP contribution in [0.4, 0.5) is 0 Å². The summed E-state index contributed by atoms with van der Waals surface area (Å²) >= 11 is 3.35. The number of aromatic nitrogens is 2. The zero-order chi connectivity index (χ0) is 13.8. The van der Waals surface area contributed by atoms with Crippen LogP contribution in [0.2, 0.25) is 0 Å². The molecule has 5 nitrogen and oxygen atoms in total. The highest BCUT2D eigenvalue weighted by atomic mass is 79.9. The van der Waals surface area contributed by atoms with Gasteiger partial charge in [-0.05, 0) is 22.4 Å². The van der Waals surface area contributed by atoms with Crippen LogP contribution in [0.3, 0.4) is 0 Å². The van der Waals surface area contributed by atoms with Gasteiger partial charge in [0.1, 0.15) is 0 Å². The van der Waals surface area contributed by atoms with Gasteiger partial charge in [0.05, 0.1) is 50.2 Å². The lowest BCUT2D eigenvalue weighted by Gasteiger charge is -2.06. The van der Waals surface area contributed by atoms with Crippen LogP contribution in [-0.2, 0) is 20.8 Å². The van der Waals surface area contributed by atoms with E-state index in [1.807, 2.05) is 10.9 Å². The second kappa shape index (κ2) is 11.4. The summed E-state index contributed by atoms with van der Waals surface area (Å²) in [6.07, 6.45) is 5.98. The molecule has 19 heavy (non-hydrogen) atoms. The van der Waals surface area contributed by atoms with Crippen molar-refractivity contribution in [2.45, 2.75) is 26.3 Å². The standard InChI is InChI=1S/C13H23BrN2O3/c1-2-3-5-17-7-9-19-10-8-18-6-4-16-12-13(14)11-15-16/h11-12H,2-10H2,1H3. The molecular weight excluding hydrogens is 312 g/mol. The quantitative estimate of drug-likeness (QED) is 0.551. The van der Waals surface area contributed by atoms with Crippen molar-refractivity contribution in [1.29, 1.82) is 0 Å². The van der Waals surface area contributed by atoms with Gasteiger partial charge in [0.2, 0.25) is 0 Å². The molecule has 0 saturated carbocycles. The molecule has 0 spiro atoms. The predicted molar refractivity (Wildman–Crippen MR) is 77.3 cm³/mol. The molecule has 1 aromatic heterocycles. The fourth-order valence-corrected chi connectivity index (χ4v) is 1.73. The summed E-state index contributed by atoms with van der Waals surface area (Å²) in [4.78, 5) is 0. The van der Waals surface area contributed by atoms with Crippen LogP contribution in [0, 0.1) is 0 Å². The average Bonchev–Trinajstić information content (AvgIpc) is 2.82. The molecule has 0 bridgehead atoms. The van der Waals surface area contributed by atoms with Gasteiger partial charge in [-0.1, -0.05) is 13.3 Å². The van der Waals surface area contributed by atoms with Gasteiger partial charge in [0.15, 0.2) is 0 Å². The van der Waals surface area contributed by atoms with Crippen molar-refractivity contribution >= 4 is 15.9 Å². The lowest BCUT2D eigenvalue weighted by molar-refractivity contribution is 0.0123. The van der Waals surface area contributed by atoms with Crippen molar-refractivity contribution < 1.29 is 14.2 Å². The first-order valence-corrected chi connectivity index (χ1v) is 7.53. The Morgan fingerprint density at radius 2 is 1.68 bits per heavy atom. The summed E-state index contributed by atoms with van der Waals surface area (Å²) in [5.74, 6) is 0. The van der Waals surface area contributed by atoms with Crippen LogP contribution in [0.25, 0.3) is 0 Å². The van der Waals surface area contributed by atoms with Gasteiger partial charge in [0.25, 0.3) is 0 Å². The van der Waals surface area contributed by atoms with Gasteiger partial charge in [-0.25, -0.2) is 0 Å². The summed E-state index contributed by atoms with van der Waals surface area (Å²) in [6.45, 7) is 6.91. The van der Waals surface area contributed by atoms with Gasteiger partial charge in [-0.2, -0.15) is 5.10 Å². The van der Waals surface area contributed by atoms with E-state index in [-0.39, 0.29) is 0 Å². The van der Waals surface area contributed by atoms with Gasteiger partial charge >= 0.3 is 0 Å². The minimum Gasteiger partial charge on any atom is -0.379 e. The first-order chi connectivity index (χ1) is 9.33. The van der Waals surface area contributed by atoms with E-state index in [4.69, 9.17) is 14.2 Å². The minimum absolute atomic E-state index is 0.609. The Labute approximate surface area is 123 Å². The lowest BCUT2D eigenvalue weighted by atomic mass is 10.4. The summed E-state index contributed by atoms with van der Waals surface area (Å²) in [5.41, 5.74) is 0. The molecule has 1 rings (SSSR count). The molecular formula is C13H23BrN2O3. The molecule has 0 saturated heterocycles. The Kier molecular flexibility index (Phi) is 9.98. The molecule has 0 atom stereocenters. The smallest absolute Gasteiger partial charge is 0.0701 e. The number of hydrogen-bond acceptors (Lipinski definition) is 4. The monoisotopic (exact) mass is 334 g/mol. The minimum atomic E-state index is 0.609. The van der Waals surface area contributed by atoms with E-state index in [0.717, 1.165) is 24.0 Å². The zero-order valence-corrected chi connectivity index (χ0v) is 13.1. The van der Waals surface area contributed by atoms with Crippen molar-refractivity contribution in [2.24, 2.45) is 0 Å². The first kappa shape index (κ1) is 16.6. The van der Waals surface area contributed by atoms with Crippen LogP contribution in [0.1, 0.15) is 19.8 Å². The summed E-state index contributed by atoms with van der Waals surface area (Å²) in [6, 6.07) is 0. The third-order valence-electron chi connectivity index (χ3n) is 2.45. The topological polar surface area (TPSA) is 45.5 Å². The molecule has 1 aromatic rings. The molecule has 0 unspecified atom stereocenters. The van der Waals surface area contributed by atoms with E-state index < -0.39 is 0 Å². The van der Waals surface area contributed by atoms with E-state index in [0.29, 0.717) is 33.0 Å². The van der Waals surface area contributed by atoms with E-state index in [2.05, 4.69) is 28.0 Å². The molecule has 0 amide bonds. The number of hydrogen-bond donors (Lipinski definition) is 0. The molecule has 0 aliphatic carbocycles. The SMILES string of the molecule is CCCCOCCOCCOCCn1cc(Br)cn1. The maximum Gasteiger partial charge on any atom is 0.0701 e. The van der Waals surface area contributed by atoms with E-state index in [1.165, 1.54) is 6.42 Å². The fraction of sp³-hybridized carbons (Fsp3) is 0.769. The van der Waals surface area contributed by atoms with Crippen LogP contribution in [-0.4, -0.2) is 49.4 Å². The summed E-state index contributed by atoms with van der Waals surface area (Å²) < 4.78 is 19.0. The third-order valence-corrected chi connectivity index (χ3v) is 2.86. The number of ether oxygens (including phenoxy) is 3. The van der Waals surface area contributed by atoms with Crippen molar-refractivity contribution in [1.82, 2.24) is 9.78 Å².